The van der Waals surface area contributed by atoms with Gasteiger partial charge < -0.3 is 17.2 Å². The van der Waals surface area contributed by atoms with Crippen molar-refractivity contribution in [3.63, 3.8) is 0 Å². The summed E-state index contributed by atoms with van der Waals surface area (Å²) in [5.41, 5.74) is 20.3. The maximum absolute atomic E-state index is 12.6. The molecule has 3 amide bonds. The molecule has 1 aliphatic carbocycles. The van der Waals surface area contributed by atoms with Crippen molar-refractivity contribution in [2.75, 3.05) is 5.73 Å². The van der Waals surface area contributed by atoms with Crippen LogP contribution in [-0.2, 0) is 9.59 Å². The minimum Gasteiger partial charge on any atom is -0.402 e. The fourth-order valence-corrected chi connectivity index (χ4v) is 4.41. The normalized spacial score (nSPS) is 16.7. The van der Waals surface area contributed by atoms with Gasteiger partial charge in [-0.3, -0.25) is 19.7 Å². The highest BCUT2D eigenvalue weighted by atomic mass is 16.2. The molecule has 1 atom stereocenters. The van der Waals surface area contributed by atoms with Crippen molar-refractivity contribution in [2.45, 2.75) is 59.4 Å². The molecule has 3 rings (SSSR count). The third kappa shape index (κ3) is 5.13. The summed E-state index contributed by atoms with van der Waals surface area (Å²) in [4.78, 5) is 36.9. The van der Waals surface area contributed by atoms with Crippen molar-refractivity contribution >= 4 is 23.5 Å². The van der Waals surface area contributed by atoms with E-state index in [2.05, 4.69) is 24.3 Å². The number of imide groups is 1. The van der Waals surface area contributed by atoms with Crippen LogP contribution in [0.1, 0.15) is 75.3 Å². The Morgan fingerprint density at radius 1 is 1.12 bits per heavy atom. The van der Waals surface area contributed by atoms with E-state index < -0.39 is 23.6 Å². The third-order valence-corrected chi connectivity index (χ3v) is 6.37. The number of carbonyl (C=O) groups is 3. The van der Waals surface area contributed by atoms with Crippen molar-refractivity contribution in [3.8, 4) is 11.3 Å². The molecular weight excluding hydrogens is 432 g/mol. The molecule has 0 saturated heterocycles. The van der Waals surface area contributed by atoms with Crippen molar-refractivity contribution in [3.05, 3.63) is 47.2 Å². The number of nitrogens with one attached hydrogen (secondary N) is 1. The average molecular weight is 467 g/mol. The van der Waals surface area contributed by atoms with Crippen LogP contribution in [0.3, 0.4) is 0 Å². The van der Waals surface area contributed by atoms with Gasteiger partial charge in [0.15, 0.2) is 0 Å². The average Bonchev–Trinajstić information content (AvgIpc) is 3.08. The molecule has 0 bridgehead atoms. The molecule has 2 aromatic rings. The number of nitrogens with two attached hydrogens (primary N) is 3. The van der Waals surface area contributed by atoms with Crippen LogP contribution < -0.4 is 22.5 Å². The molecule has 1 aromatic heterocycles. The van der Waals surface area contributed by atoms with E-state index in [1.54, 1.807) is 35.9 Å². The Morgan fingerprint density at radius 2 is 1.71 bits per heavy atom. The van der Waals surface area contributed by atoms with Crippen LogP contribution in [0.25, 0.3) is 11.3 Å². The monoisotopic (exact) mass is 466 g/mol. The van der Waals surface area contributed by atoms with Crippen LogP contribution in [0.15, 0.2) is 36.0 Å². The van der Waals surface area contributed by atoms with Gasteiger partial charge in [-0.1, -0.05) is 38.1 Å². The van der Waals surface area contributed by atoms with Gasteiger partial charge in [-0.15, -0.1) is 0 Å². The molecule has 1 aromatic carbocycles. The number of hydrogen-bond acceptors (Lipinski definition) is 6. The van der Waals surface area contributed by atoms with Gasteiger partial charge in [0.05, 0.1) is 5.92 Å². The number of primary amides is 1. The lowest BCUT2D eigenvalue weighted by molar-refractivity contribution is -0.128. The Kier molecular flexibility index (Phi) is 6.86. The third-order valence-electron chi connectivity index (χ3n) is 6.37. The van der Waals surface area contributed by atoms with E-state index in [0.717, 1.165) is 12.8 Å². The van der Waals surface area contributed by atoms with Crippen LogP contribution in [0.5, 0.6) is 0 Å². The van der Waals surface area contributed by atoms with E-state index in [-0.39, 0.29) is 28.8 Å². The first-order valence-corrected chi connectivity index (χ1v) is 11.4. The van der Waals surface area contributed by atoms with Gasteiger partial charge >= 0.3 is 0 Å². The van der Waals surface area contributed by atoms with Crippen LogP contribution in [0, 0.1) is 11.3 Å². The van der Waals surface area contributed by atoms with E-state index >= 15 is 0 Å². The predicted octanol–water partition coefficient (Wildman–Crippen LogP) is 2.84. The number of nitrogens with zero attached hydrogens (tertiary/aromatic N) is 2. The van der Waals surface area contributed by atoms with E-state index in [1.165, 1.54) is 6.08 Å². The molecule has 34 heavy (non-hydrogen) atoms. The molecule has 1 saturated carbocycles. The van der Waals surface area contributed by atoms with Gasteiger partial charge in [-0.05, 0) is 50.5 Å². The van der Waals surface area contributed by atoms with Crippen LogP contribution in [0.4, 0.5) is 5.82 Å². The maximum atomic E-state index is 12.6. The highest BCUT2D eigenvalue weighted by molar-refractivity contribution is 6.04. The Bertz CT molecular complexity index is 1140. The molecule has 7 N–H and O–H groups in total. The summed E-state index contributed by atoms with van der Waals surface area (Å²) < 4.78 is 1.55. The number of amides is 3. The standard InChI is InChI=1S/C25H34N6O3/c1-13(2)31-22(27)20(23(28)33)21(30-31)16-8-6-15(7-9-16)14(3)24(34)29-19(32)10-18(26)17-11-25(4,5)12-17/h6-10,13-14,17H,11-12,26-27H2,1-5H3,(H2,28,33)(H,29,32,34). The summed E-state index contributed by atoms with van der Waals surface area (Å²) in [6.45, 7) is 9.83. The number of benzene rings is 1. The van der Waals surface area contributed by atoms with Crippen molar-refractivity contribution in [1.29, 1.82) is 0 Å². The largest absolute Gasteiger partial charge is 0.402 e. The van der Waals surface area contributed by atoms with Gasteiger partial charge in [0.25, 0.3) is 11.8 Å². The zero-order chi connectivity index (χ0) is 25.4. The summed E-state index contributed by atoms with van der Waals surface area (Å²) in [5.74, 6) is -1.79. The number of allylic oxidation sites excluding steroid dienone is 1. The van der Waals surface area contributed by atoms with Crippen molar-refractivity contribution < 1.29 is 14.4 Å². The molecule has 1 heterocycles. The molecule has 1 unspecified atom stereocenters. The molecule has 0 radical (unpaired) electrons. The van der Waals surface area contributed by atoms with Crippen LogP contribution in [-0.4, -0.2) is 27.5 Å². The number of nitrogen functional groups attached to an aromatic ring is 1. The second kappa shape index (κ2) is 9.32. The molecule has 0 spiro atoms. The van der Waals surface area contributed by atoms with E-state index in [4.69, 9.17) is 17.2 Å². The SMILES string of the molecule is CC(C(=O)NC(=O)C=C(N)C1CC(C)(C)C1)c1ccc(-c2nn(C(C)C)c(N)c2C(N)=O)cc1. The van der Waals surface area contributed by atoms with Gasteiger partial charge in [0.2, 0.25) is 5.91 Å². The molecule has 1 aliphatic rings. The van der Waals surface area contributed by atoms with E-state index in [0.29, 0.717) is 22.5 Å². The number of rotatable bonds is 7. The fourth-order valence-electron chi connectivity index (χ4n) is 4.41. The predicted molar refractivity (Wildman–Crippen MR) is 131 cm³/mol. The molecule has 9 nitrogen and oxygen atoms in total. The van der Waals surface area contributed by atoms with E-state index in [9.17, 15) is 14.4 Å². The lowest BCUT2D eigenvalue weighted by Crippen LogP contribution is -2.37. The number of hydrogen-bond donors (Lipinski definition) is 4. The number of carbonyl (C=O) groups excluding carboxylic acids is 3. The van der Waals surface area contributed by atoms with Crippen molar-refractivity contribution in [1.82, 2.24) is 15.1 Å². The van der Waals surface area contributed by atoms with Crippen LogP contribution >= 0.6 is 0 Å². The maximum Gasteiger partial charge on any atom is 0.254 e. The Balaban J connectivity index is 1.71. The van der Waals surface area contributed by atoms with Crippen molar-refractivity contribution in [2.24, 2.45) is 22.8 Å². The second-order valence-electron chi connectivity index (χ2n) is 10.1. The molecule has 0 aliphatic heterocycles. The van der Waals surface area contributed by atoms with Gasteiger partial charge in [-0.2, -0.15) is 5.10 Å². The number of anilines is 1. The first kappa shape index (κ1) is 25.0. The van der Waals surface area contributed by atoms with Crippen LogP contribution in [0.2, 0.25) is 0 Å². The molecule has 182 valence electrons. The summed E-state index contributed by atoms with van der Waals surface area (Å²) in [7, 11) is 0. The lowest BCUT2D eigenvalue weighted by Gasteiger charge is -2.42. The zero-order valence-electron chi connectivity index (χ0n) is 20.4. The highest BCUT2D eigenvalue weighted by Crippen LogP contribution is 2.46. The summed E-state index contributed by atoms with van der Waals surface area (Å²) >= 11 is 0. The topological polar surface area (TPSA) is 159 Å². The minimum absolute atomic E-state index is 0.0498. The van der Waals surface area contributed by atoms with Gasteiger partial charge in [0.1, 0.15) is 17.1 Å². The molecule has 9 heteroatoms. The zero-order valence-corrected chi connectivity index (χ0v) is 20.4. The van der Waals surface area contributed by atoms with Gasteiger partial charge in [-0.25, -0.2) is 4.68 Å². The summed E-state index contributed by atoms with van der Waals surface area (Å²) in [6.07, 6.45) is 3.17. The second-order valence-corrected chi connectivity index (χ2v) is 10.1. The van der Waals surface area contributed by atoms with Gasteiger partial charge in [0, 0.05) is 23.4 Å². The summed E-state index contributed by atoms with van der Waals surface area (Å²) in [5, 5.41) is 6.86. The fraction of sp³-hybridized carbons (Fsp3) is 0.440. The Labute approximate surface area is 199 Å². The first-order valence-electron chi connectivity index (χ1n) is 11.4. The quantitative estimate of drug-likeness (QED) is 0.459. The first-order chi connectivity index (χ1) is 15.8. The van der Waals surface area contributed by atoms with E-state index in [1.807, 2.05) is 13.8 Å². The summed E-state index contributed by atoms with van der Waals surface area (Å²) in [6, 6.07) is 6.94. The Hall–Kier alpha value is -3.62. The Morgan fingerprint density at radius 3 is 2.21 bits per heavy atom. The molecular formula is C25H34N6O3. The minimum atomic E-state index is -0.660. The highest BCUT2D eigenvalue weighted by Gasteiger charge is 2.37. The smallest absolute Gasteiger partial charge is 0.254 e. The lowest BCUT2D eigenvalue weighted by atomic mass is 9.63. The number of aromatic nitrogens is 2. The molecule has 1 fully saturated rings.